The Kier molecular flexibility index (Phi) is 7.72. The molecule has 0 bridgehead atoms. The van der Waals surface area contributed by atoms with Crippen molar-refractivity contribution >= 4 is 28.9 Å². The van der Waals surface area contributed by atoms with Crippen molar-refractivity contribution in [3.8, 4) is 22.4 Å². The third-order valence-corrected chi connectivity index (χ3v) is 5.84. The van der Waals surface area contributed by atoms with E-state index in [1.54, 1.807) is 51.4 Å². The molecular weight excluding hydrogens is 497 g/mol. The largest absolute Gasteiger partial charge is 0.444 e. The molecule has 39 heavy (non-hydrogen) atoms. The van der Waals surface area contributed by atoms with Crippen LogP contribution in [0.5, 0.6) is 0 Å². The highest BCUT2D eigenvalue weighted by atomic mass is 19.1. The molecule has 0 aliphatic rings. The van der Waals surface area contributed by atoms with Crippen molar-refractivity contribution in [2.45, 2.75) is 59.6 Å². The zero-order valence-electron chi connectivity index (χ0n) is 23.1. The van der Waals surface area contributed by atoms with Crippen LogP contribution in [0.4, 0.5) is 15.0 Å². The molecule has 0 saturated heterocycles. The third kappa shape index (κ3) is 7.19. The lowest BCUT2D eigenvalue weighted by molar-refractivity contribution is -0.118. The van der Waals surface area contributed by atoms with Crippen molar-refractivity contribution in [1.29, 1.82) is 0 Å². The Morgan fingerprint density at radius 3 is 2.23 bits per heavy atom. The van der Waals surface area contributed by atoms with E-state index in [0.717, 1.165) is 27.8 Å². The number of fused-ring (bicyclic) bond motifs is 1. The van der Waals surface area contributed by atoms with Crippen LogP contribution in [0.15, 0.2) is 60.9 Å². The van der Waals surface area contributed by atoms with E-state index in [1.807, 2.05) is 39.0 Å². The summed E-state index contributed by atoms with van der Waals surface area (Å²) >= 11 is 0. The number of aromatic amines is 1. The number of anilines is 1. The highest BCUT2D eigenvalue weighted by molar-refractivity contribution is 6.03. The predicted molar refractivity (Wildman–Crippen MR) is 151 cm³/mol. The van der Waals surface area contributed by atoms with Gasteiger partial charge in [0.2, 0.25) is 5.91 Å². The number of aromatic nitrogens is 3. The molecule has 204 valence electrons. The predicted octanol–water partition coefficient (Wildman–Crippen LogP) is 6.70. The van der Waals surface area contributed by atoms with Gasteiger partial charge in [-0.25, -0.2) is 14.2 Å². The molecule has 0 aliphatic carbocycles. The fourth-order valence-corrected chi connectivity index (χ4v) is 4.28. The second kappa shape index (κ2) is 10.8. The minimum Gasteiger partial charge on any atom is -0.444 e. The van der Waals surface area contributed by atoms with E-state index in [4.69, 9.17) is 4.74 Å². The number of ether oxygens (including phenoxy) is 1. The topological polar surface area (TPSA) is 109 Å². The van der Waals surface area contributed by atoms with Gasteiger partial charge < -0.3 is 20.4 Å². The molecule has 1 aromatic carbocycles. The maximum atomic E-state index is 13.6. The fourth-order valence-electron chi connectivity index (χ4n) is 4.28. The van der Waals surface area contributed by atoms with E-state index in [-0.39, 0.29) is 11.2 Å². The number of alkyl carbamates (subject to hydrolysis) is 1. The van der Waals surface area contributed by atoms with Crippen LogP contribution in [-0.4, -0.2) is 38.6 Å². The highest BCUT2D eigenvalue weighted by Gasteiger charge is 2.29. The first kappa shape index (κ1) is 27.8. The van der Waals surface area contributed by atoms with Gasteiger partial charge >= 0.3 is 6.09 Å². The summed E-state index contributed by atoms with van der Waals surface area (Å²) in [6.45, 7) is 11.3. The highest BCUT2D eigenvalue weighted by Crippen LogP contribution is 2.38. The Balaban J connectivity index is 1.67. The maximum absolute atomic E-state index is 13.6. The number of nitrogens with zero attached hydrogens (tertiary/aromatic N) is 2. The van der Waals surface area contributed by atoms with Gasteiger partial charge in [0, 0.05) is 23.3 Å². The number of hydrogen-bond acceptors (Lipinski definition) is 5. The van der Waals surface area contributed by atoms with Crippen LogP contribution in [-0.2, 0) is 9.53 Å². The summed E-state index contributed by atoms with van der Waals surface area (Å²) in [7, 11) is 0. The standard InChI is InChI=1S/C30H34FN5O3/c1-29(2,3)17-22(33-28(38)39-30(4,5)6)27(37)35-23-12-11-21-24(18-13-15-32-16-14-18)25(36-26(21)34-23)19-7-9-20(31)10-8-19/h7-16,22H,17H2,1-6H3,(H,33,38)(H2,34,35,36,37). The SMILES string of the molecule is CC(C)(C)CC(NC(=O)OC(C)(C)C)C(=O)Nc1ccc2c(-c3ccncc3)c(-c3ccc(F)cc3)[nH]c2n1. The van der Waals surface area contributed by atoms with Gasteiger partial charge in [-0.1, -0.05) is 20.8 Å². The number of H-pyrrole nitrogens is 1. The molecule has 3 N–H and O–H groups in total. The van der Waals surface area contributed by atoms with E-state index >= 15 is 0 Å². The molecule has 3 heterocycles. The smallest absolute Gasteiger partial charge is 0.408 e. The quantitative estimate of drug-likeness (QED) is 0.257. The van der Waals surface area contributed by atoms with Gasteiger partial charge in [0.05, 0.1) is 5.69 Å². The molecule has 0 spiro atoms. The van der Waals surface area contributed by atoms with E-state index in [1.165, 1.54) is 12.1 Å². The molecule has 2 amide bonds. The number of rotatable bonds is 6. The molecule has 4 aromatic rings. The Bertz CT molecular complexity index is 1470. The fraction of sp³-hybridized carbons (Fsp3) is 0.333. The Labute approximate surface area is 227 Å². The van der Waals surface area contributed by atoms with Crippen molar-refractivity contribution in [3.05, 3.63) is 66.7 Å². The number of halogens is 1. The molecule has 1 atom stereocenters. The summed E-state index contributed by atoms with van der Waals surface area (Å²) in [5.41, 5.74) is 2.98. The summed E-state index contributed by atoms with van der Waals surface area (Å²) in [5, 5.41) is 6.37. The van der Waals surface area contributed by atoms with Crippen LogP contribution in [0, 0.1) is 11.2 Å². The third-order valence-electron chi connectivity index (χ3n) is 5.84. The second-order valence-electron chi connectivity index (χ2n) is 11.7. The minimum atomic E-state index is -0.830. The molecule has 3 aromatic heterocycles. The van der Waals surface area contributed by atoms with Crippen molar-refractivity contribution in [3.63, 3.8) is 0 Å². The Morgan fingerprint density at radius 1 is 0.949 bits per heavy atom. The molecule has 0 fully saturated rings. The van der Waals surface area contributed by atoms with Gasteiger partial charge in [-0.2, -0.15) is 0 Å². The van der Waals surface area contributed by atoms with Crippen LogP contribution in [0.3, 0.4) is 0 Å². The minimum absolute atomic E-state index is 0.239. The molecule has 0 aliphatic heterocycles. The summed E-state index contributed by atoms with van der Waals surface area (Å²) in [4.78, 5) is 37.9. The number of benzene rings is 1. The van der Waals surface area contributed by atoms with E-state index < -0.39 is 23.6 Å². The van der Waals surface area contributed by atoms with Crippen LogP contribution in [0.2, 0.25) is 0 Å². The van der Waals surface area contributed by atoms with Gasteiger partial charge in [-0.15, -0.1) is 0 Å². The zero-order chi connectivity index (χ0) is 28.4. The molecule has 9 heteroatoms. The number of amides is 2. The first-order chi connectivity index (χ1) is 18.3. The van der Waals surface area contributed by atoms with Crippen LogP contribution >= 0.6 is 0 Å². The van der Waals surface area contributed by atoms with E-state index in [9.17, 15) is 14.0 Å². The number of carbonyl (C=O) groups is 2. The molecule has 0 saturated carbocycles. The monoisotopic (exact) mass is 531 g/mol. The molecule has 0 radical (unpaired) electrons. The number of carbonyl (C=O) groups excluding carboxylic acids is 2. The van der Waals surface area contributed by atoms with Crippen molar-refractivity contribution in [2.24, 2.45) is 5.41 Å². The van der Waals surface area contributed by atoms with Gasteiger partial charge in [0.1, 0.15) is 28.9 Å². The summed E-state index contributed by atoms with van der Waals surface area (Å²) in [5.74, 6) is -0.402. The normalized spacial score (nSPS) is 12.7. The summed E-state index contributed by atoms with van der Waals surface area (Å²) in [6.07, 6.45) is 3.14. The number of nitrogens with one attached hydrogen (secondary N) is 3. The van der Waals surface area contributed by atoms with Crippen LogP contribution in [0.1, 0.15) is 48.0 Å². The zero-order valence-corrected chi connectivity index (χ0v) is 23.1. The average molecular weight is 532 g/mol. The first-order valence-corrected chi connectivity index (χ1v) is 12.8. The van der Waals surface area contributed by atoms with Gasteiger partial charge in [0.15, 0.2) is 0 Å². The van der Waals surface area contributed by atoms with E-state index in [2.05, 4.69) is 25.6 Å². The summed E-state index contributed by atoms with van der Waals surface area (Å²) in [6, 6.07) is 12.8. The number of pyridine rings is 2. The summed E-state index contributed by atoms with van der Waals surface area (Å²) < 4.78 is 19.0. The van der Waals surface area contributed by atoms with Crippen molar-refractivity contribution < 1.29 is 18.7 Å². The van der Waals surface area contributed by atoms with Gasteiger partial charge in [-0.05, 0) is 92.3 Å². The van der Waals surface area contributed by atoms with Crippen LogP contribution < -0.4 is 10.6 Å². The van der Waals surface area contributed by atoms with Crippen molar-refractivity contribution in [2.75, 3.05) is 5.32 Å². The first-order valence-electron chi connectivity index (χ1n) is 12.8. The Morgan fingerprint density at radius 2 is 1.62 bits per heavy atom. The molecule has 8 nitrogen and oxygen atoms in total. The van der Waals surface area contributed by atoms with Crippen LogP contribution in [0.25, 0.3) is 33.4 Å². The lowest BCUT2D eigenvalue weighted by Gasteiger charge is -2.27. The average Bonchev–Trinajstić information content (AvgIpc) is 3.21. The number of hydrogen-bond donors (Lipinski definition) is 3. The maximum Gasteiger partial charge on any atom is 0.408 e. The lowest BCUT2D eigenvalue weighted by Crippen LogP contribution is -2.47. The second-order valence-corrected chi connectivity index (χ2v) is 11.7. The van der Waals surface area contributed by atoms with E-state index in [0.29, 0.717) is 17.9 Å². The lowest BCUT2D eigenvalue weighted by atomic mass is 9.88. The van der Waals surface area contributed by atoms with Crippen molar-refractivity contribution in [1.82, 2.24) is 20.3 Å². The van der Waals surface area contributed by atoms with Gasteiger partial charge in [0.25, 0.3) is 0 Å². The molecular formula is C30H34FN5O3. The Hall–Kier alpha value is -4.27. The molecule has 1 unspecified atom stereocenters. The van der Waals surface area contributed by atoms with Gasteiger partial charge in [-0.3, -0.25) is 9.78 Å². The molecule has 4 rings (SSSR count).